The molecule has 0 radical (unpaired) electrons. The lowest BCUT2D eigenvalue weighted by molar-refractivity contribution is 0.475. The molecule has 8 heteroatoms. The highest BCUT2D eigenvalue weighted by atomic mass is 79.9. The number of nitrogens with zero attached hydrogens (tertiary/aromatic N) is 1. The Morgan fingerprint density at radius 3 is 2.74 bits per heavy atom. The maximum Gasteiger partial charge on any atom is 0.252 e. The Hall–Kier alpha value is 0.0800. The summed E-state index contributed by atoms with van der Waals surface area (Å²) in [5, 5.41) is 2.41. The Balaban J connectivity index is 2.10. The van der Waals surface area contributed by atoms with Crippen LogP contribution in [0.25, 0.3) is 0 Å². The van der Waals surface area contributed by atoms with Crippen molar-refractivity contribution >= 4 is 60.2 Å². The van der Waals surface area contributed by atoms with Crippen molar-refractivity contribution in [1.82, 2.24) is 4.31 Å². The van der Waals surface area contributed by atoms with Crippen LogP contribution >= 0.6 is 50.2 Å². The van der Waals surface area contributed by atoms with E-state index in [0.717, 1.165) is 11.3 Å². The lowest BCUT2D eigenvalue weighted by Crippen LogP contribution is -2.28. The first kappa shape index (κ1) is 15.5. The summed E-state index contributed by atoms with van der Waals surface area (Å²) in [7, 11) is -1.86. The minimum absolute atomic E-state index is 0.262. The molecule has 104 valence electrons. The molecule has 2 rings (SSSR count). The SMILES string of the molecule is CN(CCc1cccs1)S(=O)(=O)c1cc(Cl)c(Br)s1. The average Bonchev–Trinajstić information content (AvgIpc) is 2.97. The van der Waals surface area contributed by atoms with E-state index < -0.39 is 10.0 Å². The second kappa shape index (κ2) is 6.24. The summed E-state index contributed by atoms with van der Waals surface area (Å²) >= 11 is 11.9. The van der Waals surface area contributed by atoms with Crippen molar-refractivity contribution < 1.29 is 8.42 Å². The van der Waals surface area contributed by atoms with Crippen LogP contribution in [0.2, 0.25) is 5.02 Å². The van der Waals surface area contributed by atoms with Gasteiger partial charge in [-0.05, 0) is 39.9 Å². The van der Waals surface area contributed by atoms with Gasteiger partial charge in [-0.25, -0.2) is 8.42 Å². The predicted octanol–water partition coefficient (Wildman–Crippen LogP) is 4.09. The van der Waals surface area contributed by atoms with Gasteiger partial charge in [0.25, 0.3) is 10.0 Å². The molecule has 0 fully saturated rings. The third-order valence-corrected chi connectivity index (χ3v) is 8.26. The highest BCUT2D eigenvalue weighted by molar-refractivity contribution is 9.11. The summed E-state index contributed by atoms with van der Waals surface area (Å²) in [6.45, 7) is 0.454. The van der Waals surface area contributed by atoms with E-state index in [1.165, 1.54) is 15.2 Å². The lowest BCUT2D eigenvalue weighted by atomic mass is 10.3. The van der Waals surface area contributed by atoms with Gasteiger partial charge in [0.1, 0.15) is 4.21 Å². The Kier molecular flexibility index (Phi) is 5.08. The van der Waals surface area contributed by atoms with Crippen molar-refractivity contribution in [2.45, 2.75) is 10.6 Å². The number of sulfonamides is 1. The van der Waals surface area contributed by atoms with Crippen molar-refractivity contribution in [2.75, 3.05) is 13.6 Å². The molecule has 0 aliphatic heterocycles. The van der Waals surface area contributed by atoms with E-state index in [2.05, 4.69) is 15.9 Å². The van der Waals surface area contributed by atoms with E-state index in [9.17, 15) is 8.42 Å². The van der Waals surface area contributed by atoms with Crippen LogP contribution in [0.3, 0.4) is 0 Å². The Labute approximate surface area is 134 Å². The van der Waals surface area contributed by atoms with E-state index in [0.29, 0.717) is 21.8 Å². The van der Waals surface area contributed by atoms with Gasteiger partial charge in [-0.1, -0.05) is 17.7 Å². The smallest absolute Gasteiger partial charge is 0.206 e. The maximum atomic E-state index is 12.3. The third-order valence-electron chi connectivity index (χ3n) is 2.54. The van der Waals surface area contributed by atoms with Crippen LogP contribution < -0.4 is 0 Å². The zero-order valence-electron chi connectivity index (χ0n) is 9.97. The standard InChI is InChI=1S/C11H11BrClNO2S3/c1-14(5-4-8-3-2-6-17-8)19(15,16)10-7-9(13)11(12)18-10/h2-3,6-7H,4-5H2,1H3. The van der Waals surface area contributed by atoms with E-state index in [-0.39, 0.29) is 4.21 Å². The number of halogens is 2. The quantitative estimate of drug-likeness (QED) is 0.758. The van der Waals surface area contributed by atoms with Gasteiger partial charge in [-0.3, -0.25) is 0 Å². The molecule has 0 atom stereocenters. The highest BCUT2D eigenvalue weighted by Gasteiger charge is 2.24. The van der Waals surface area contributed by atoms with Crippen LogP contribution in [0.1, 0.15) is 4.88 Å². The van der Waals surface area contributed by atoms with Gasteiger partial charge in [0, 0.05) is 18.5 Å². The number of hydrogen-bond donors (Lipinski definition) is 0. The van der Waals surface area contributed by atoms with Crippen molar-refractivity contribution in [2.24, 2.45) is 0 Å². The molecular weight excluding hydrogens is 390 g/mol. The van der Waals surface area contributed by atoms with Crippen molar-refractivity contribution in [3.05, 3.63) is 37.3 Å². The van der Waals surface area contributed by atoms with E-state index in [1.807, 2.05) is 17.5 Å². The van der Waals surface area contributed by atoms with E-state index in [4.69, 9.17) is 11.6 Å². The molecule has 0 N–H and O–H groups in total. The monoisotopic (exact) mass is 399 g/mol. The molecular formula is C11H11BrClNO2S3. The minimum atomic E-state index is -3.45. The summed E-state index contributed by atoms with van der Waals surface area (Å²) in [6.07, 6.45) is 0.716. The van der Waals surface area contributed by atoms with Crippen LogP contribution in [0.4, 0.5) is 0 Å². The molecule has 0 aromatic carbocycles. The van der Waals surface area contributed by atoms with Gasteiger partial charge >= 0.3 is 0 Å². The first-order chi connectivity index (χ1) is 8.91. The van der Waals surface area contributed by atoms with Gasteiger partial charge in [0.15, 0.2) is 0 Å². The first-order valence-electron chi connectivity index (χ1n) is 5.35. The van der Waals surface area contributed by atoms with Gasteiger partial charge in [-0.2, -0.15) is 4.31 Å². The lowest BCUT2D eigenvalue weighted by Gasteiger charge is -2.15. The number of hydrogen-bond acceptors (Lipinski definition) is 4. The zero-order chi connectivity index (χ0) is 14.0. The van der Waals surface area contributed by atoms with Crippen molar-refractivity contribution in [1.29, 1.82) is 0 Å². The Morgan fingerprint density at radius 1 is 1.47 bits per heavy atom. The molecule has 0 amide bonds. The number of thiophene rings is 2. The topological polar surface area (TPSA) is 37.4 Å². The second-order valence-electron chi connectivity index (χ2n) is 3.84. The average molecular weight is 401 g/mol. The molecule has 0 aliphatic carbocycles. The molecule has 0 aliphatic rings. The van der Waals surface area contributed by atoms with Crippen molar-refractivity contribution in [3.8, 4) is 0 Å². The molecule has 2 heterocycles. The molecule has 3 nitrogen and oxygen atoms in total. The number of rotatable bonds is 5. The van der Waals surface area contributed by atoms with Gasteiger partial charge < -0.3 is 0 Å². The fourth-order valence-electron chi connectivity index (χ4n) is 1.45. The van der Waals surface area contributed by atoms with Crippen LogP contribution in [-0.4, -0.2) is 26.3 Å². The largest absolute Gasteiger partial charge is 0.252 e. The Bertz CT molecular complexity index is 632. The van der Waals surface area contributed by atoms with Crippen LogP contribution in [-0.2, 0) is 16.4 Å². The molecule has 0 saturated heterocycles. The van der Waals surface area contributed by atoms with Gasteiger partial charge in [0.05, 0.1) is 8.81 Å². The molecule has 2 aromatic rings. The van der Waals surface area contributed by atoms with E-state index in [1.54, 1.807) is 18.4 Å². The zero-order valence-corrected chi connectivity index (χ0v) is 14.8. The number of likely N-dealkylation sites (N-methyl/N-ethyl adjacent to an activating group) is 1. The third kappa shape index (κ3) is 3.59. The highest BCUT2D eigenvalue weighted by Crippen LogP contribution is 2.35. The molecule has 0 bridgehead atoms. The second-order valence-corrected chi connectivity index (χ2v) is 9.92. The molecule has 0 unspecified atom stereocenters. The molecule has 0 spiro atoms. The Morgan fingerprint density at radius 2 is 2.21 bits per heavy atom. The predicted molar refractivity (Wildman–Crippen MR) is 84.9 cm³/mol. The molecule has 19 heavy (non-hydrogen) atoms. The summed E-state index contributed by atoms with van der Waals surface area (Å²) in [4.78, 5) is 1.17. The van der Waals surface area contributed by atoms with Crippen molar-refractivity contribution in [3.63, 3.8) is 0 Å². The van der Waals surface area contributed by atoms with Crippen LogP contribution in [0.15, 0.2) is 31.6 Å². The fourth-order valence-corrected chi connectivity index (χ4v) is 5.93. The maximum absolute atomic E-state index is 12.3. The first-order valence-corrected chi connectivity index (χ1v) is 9.65. The summed E-state index contributed by atoms with van der Waals surface area (Å²) in [5.41, 5.74) is 0. The van der Waals surface area contributed by atoms with Gasteiger partial charge in [-0.15, -0.1) is 22.7 Å². The normalized spacial score (nSPS) is 12.2. The summed E-state index contributed by atoms with van der Waals surface area (Å²) < 4.78 is 26.9. The minimum Gasteiger partial charge on any atom is -0.206 e. The molecule has 0 saturated carbocycles. The van der Waals surface area contributed by atoms with E-state index >= 15 is 0 Å². The van der Waals surface area contributed by atoms with Crippen LogP contribution in [0.5, 0.6) is 0 Å². The fraction of sp³-hybridized carbons (Fsp3) is 0.273. The van der Waals surface area contributed by atoms with Crippen LogP contribution in [0, 0.1) is 0 Å². The molecule has 2 aromatic heterocycles. The summed E-state index contributed by atoms with van der Waals surface area (Å²) in [6, 6.07) is 5.45. The van der Waals surface area contributed by atoms with Gasteiger partial charge in [0.2, 0.25) is 0 Å². The summed E-state index contributed by atoms with van der Waals surface area (Å²) in [5.74, 6) is 0.